The van der Waals surface area contributed by atoms with E-state index < -0.39 is 0 Å². The number of methoxy groups -OCH3 is 1. The van der Waals surface area contributed by atoms with E-state index in [2.05, 4.69) is 15.3 Å². The second-order valence-corrected chi connectivity index (χ2v) is 8.07. The van der Waals surface area contributed by atoms with Crippen LogP contribution >= 0.6 is 0 Å². The van der Waals surface area contributed by atoms with Crippen molar-refractivity contribution in [3.8, 4) is 11.5 Å². The van der Waals surface area contributed by atoms with Crippen molar-refractivity contribution in [2.45, 2.75) is 12.5 Å². The maximum absolute atomic E-state index is 12.3. The van der Waals surface area contributed by atoms with Gasteiger partial charge in [-0.1, -0.05) is 24.3 Å². The number of hydrogen-bond donors (Lipinski definition) is 3. The molecule has 9 nitrogen and oxygen atoms in total. The Morgan fingerprint density at radius 1 is 1.17 bits per heavy atom. The van der Waals surface area contributed by atoms with Gasteiger partial charge in [-0.25, -0.2) is 9.97 Å². The van der Waals surface area contributed by atoms with Crippen molar-refractivity contribution < 1.29 is 14.3 Å². The lowest BCUT2D eigenvalue weighted by atomic mass is 10.0. The molecule has 1 unspecified atom stereocenters. The van der Waals surface area contributed by atoms with Crippen LogP contribution in [-0.4, -0.2) is 59.3 Å². The number of carbonyl (C=O) groups is 1. The van der Waals surface area contributed by atoms with Crippen LogP contribution in [0.4, 0.5) is 11.6 Å². The van der Waals surface area contributed by atoms with E-state index in [1.807, 2.05) is 42.5 Å². The molecule has 1 fully saturated rings. The second kappa shape index (κ2) is 11.3. The fourth-order valence-electron chi connectivity index (χ4n) is 3.84. The van der Waals surface area contributed by atoms with Gasteiger partial charge in [0.05, 0.1) is 17.9 Å². The first kappa shape index (κ1) is 23.9. The normalized spacial score (nSPS) is 15.3. The van der Waals surface area contributed by atoms with Gasteiger partial charge < -0.3 is 25.4 Å². The molecule has 1 amide bonds. The van der Waals surface area contributed by atoms with E-state index in [1.54, 1.807) is 30.2 Å². The predicted octanol–water partition coefficient (Wildman–Crippen LogP) is 3.48. The molecule has 0 aliphatic carbocycles. The van der Waals surface area contributed by atoms with Gasteiger partial charge in [0.25, 0.3) is 0 Å². The summed E-state index contributed by atoms with van der Waals surface area (Å²) in [7, 11) is 1.58. The minimum absolute atomic E-state index is 0.0164. The molecule has 2 heterocycles. The molecule has 1 saturated heterocycles. The number of nitrogens with two attached hydrogens (primary N) is 1. The van der Waals surface area contributed by atoms with Crippen molar-refractivity contribution in [3.63, 3.8) is 0 Å². The monoisotopic (exact) mass is 472 g/mol. The van der Waals surface area contributed by atoms with Crippen LogP contribution in [0.25, 0.3) is 0 Å². The number of carbonyl (C=O) groups excluding carboxylic acids is 1. The molecule has 0 radical (unpaired) electrons. The van der Waals surface area contributed by atoms with Crippen molar-refractivity contribution in [1.29, 1.82) is 5.41 Å². The highest BCUT2D eigenvalue weighted by atomic mass is 16.5. The van der Waals surface area contributed by atoms with Crippen molar-refractivity contribution in [2.24, 2.45) is 0 Å². The fourth-order valence-corrected chi connectivity index (χ4v) is 3.84. The fraction of sp³-hybridized carbons (Fsp3) is 0.231. The van der Waals surface area contributed by atoms with Gasteiger partial charge >= 0.3 is 0 Å². The van der Waals surface area contributed by atoms with Crippen molar-refractivity contribution >= 4 is 23.3 Å². The average molecular weight is 473 g/mol. The third-order valence-electron chi connectivity index (χ3n) is 5.61. The van der Waals surface area contributed by atoms with Gasteiger partial charge in [0.2, 0.25) is 5.91 Å². The number of amides is 1. The lowest BCUT2D eigenvalue weighted by molar-refractivity contribution is -0.125. The molecule has 180 valence electrons. The third kappa shape index (κ3) is 6.01. The lowest BCUT2D eigenvalue weighted by Crippen LogP contribution is -2.31. The Morgan fingerprint density at radius 2 is 1.91 bits per heavy atom. The number of rotatable bonds is 9. The summed E-state index contributed by atoms with van der Waals surface area (Å²) in [4.78, 5) is 22.6. The van der Waals surface area contributed by atoms with E-state index in [9.17, 15) is 4.79 Å². The van der Waals surface area contributed by atoms with E-state index in [0.717, 1.165) is 12.2 Å². The first-order chi connectivity index (χ1) is 17.0. The highest BCUT2D eigenvalue weighted by Crippen LogP contribution is 2.26. The zero-order chi connectivity index (χ0) is 24.6. The summed E-state index contributed by atoms with van der Waals surface area (Å²) in [5.74, 6) is 2.03. The number of aromatic nitrogens is 2. The molecule has 3 aromatic rings. The molecule has 0 saturated carbocycles. The Bertz CT molecular complexity index is 1200. The van der Waals surface area contributed by atoms with Gasteiger partial charge in [-0.3, -0.25) is 10.2 Å². The number of ether oxygens (including phenoxy) is 2. The topological polar surface area (TPSA) is 126 Å². The molecule has 9 heteroatoms. The molecule has 1 aliphatic heterocycles. The van der Waals surface area contributed by atoms with Crippen LogP contribution < -0.4 is 15.8 Å². The van der Waals surface area contributed by atoms with Crippen LogP contribution in [0.15, 0.2) is 73.1 Å². The molecule has 1 aliphatic rings. The third-order valence-corrected chi connectivity index (χ3v) is 5.61. The standard InChI is InChI=1S/C26H28N6O3/c1-34-15-5-8-22(33)32-14-13-19(16-32)31-26-23(25(28)29-17-30-26)24(27)18-9-11-21(12-10-18)35-20-6-3-2-4-7-20/h2-12,17,19,27H,13-16H2,1H3,(H3,28,29,30,31)/b8-5+,27-24?. The molecule has 35 heavy (non-hydrogen) atoms. The van der Waals surface area contributed by atoms with Crippen LogP contribution in [-0.2, 0) is 9.53 Å². The van der Waals surface area contributed by atoms with Gasteiger partial charge in [0.15, 0.2) is 0 Å². The highest BCUT2D eigenvalue weighted by Gasteiger charge is 2.27. The van der Waals surface area contributed by atoms with Crippen molar-refractivity contribution in [3.05, 3.63) is 84.2 Å². The summed E-state index contributed by atoms with van der Waals surface area (Å²) in [6.45, 7) is 1.55. The lowest BCUT2D eigenvalue weighted by Gasteiger charge is -2.18. The highest BCUT2D eigenvalue weighted by molar-refractivity contribution is 6.16. The van der Waals surface area contributed by atoms with E-state index in [4.69, 9.17) is 20.6 Å². The molecule has 4 N–H and O–H groups in total. The van der Waals surface area contributed by atoms with Crippen LogP contribution in [0.1, 0.15) is 17.5 Å². The molecule has 2 aromatic carbocycles. The first-order valence-corrected chi connectivity index (χ1v) is 11.3. The molecular formula is C26H28N6O3. The van der Waals surface area contributed by atoms with Crippen molar-refractivity contribution in [2.75, 3.05) is 37.9 Å². The zero-order valence-corrected chi connectivity index (χ0v) is 19.5. The Labute approximate surface area is 204 Å². The van der Waals surface area contributed by atoms with Gasteiger partial charge in [-0.15, -0.1) is 0 Å². The molecule has 0 bridgehead atoms. The second-order valence-electron chi connectivity index (χ2n) is 8.07. The van der Waals surface area contributed by atoms with E-state index >= 15 is 0 Å². The minimum Gasteiger partial charge on any atom is -0.457 e. The van der Waals surface area contributed by atoms with Crippen LogP contribution in [0, 0.1) is 5.41 Å². The number of para-hydroxylation sites is 1. The smallest absolute Gasteiger partial charge is 0.246 e. The number of hydrogen-bond acceptors (Lipinski definition) is 8. The Balaban J connectivity index is 1.45. The van der Waals surface area contributed by atoms with E-state index in [1.165, 1.54) is 12.4 Å². The zero-order valence-electron chi connectivity index (χ0n) is 19.5. The summed E-state index contributed by atoms with van der Waals surface area (Å²) in [6, 6.07) is 16.7. The predicted molar refractivity (Wildman–Crippen MR) is 135 cm³/mol. The Morgan fingerprint density at radius 3 is 2.66 bits per heavy atom. The first-order valence-electron chi connectivity index (χ1n) is 11.3. The van der Waals surface area contributed by atoms with Crippen LogP contribution in [0.3, 0.4) is 0 Å². The largest absolute Gasteiger partial charge is 0.457 e. The molecule has 0 spiro atoms. The van der Waals surface area contributed by atoms with Crippen LogP contribution in [0.2, 0.25) is 0 Å². The number of nitrogen functional groups attached to an aromatic ring is 1. The van der Waals surface area contributed by atoms with Crippen molar-refractivity contribution in [1.82, 2.24) is 14.9 Å². The summed E-state index contributed by atoms with van der Waals surface area (Å²) < 4.78 is 10.8. The number of benzene rings is 2. The number of likely N-dealkylation sites (tertiary alicyclic amines) is 1. The summed E-state index contributed by atoms with van der Waals surface area (Å²) in [6.07, 6.45) is 5.35. The van der Waals surface area contributed by atoms with E-state index in [-0.39, 0.29) is 23.5 Å². The van der Waals surface area contributed by atoms with Gasteiger partial charge in [-0.2, -0.15) is 0 Å². The SMILES string of the molecule is COC/C=C/C(=O)N1CCC(Nc2ncnc(N)c2C(=N)c2ccc(Oc3ccccc3)cc2)C1. The van der Waals surface area contributed by atoms with E-state index in [0.29, 0.717) is 42.4 Å². The maximum atomic E-state index is 12.3. The maximum Gasteiger partial charge on any atom is 0.246 e. The Kier molecular flexibility index (Phi) is 7.69. The molecular weight excluding hydrogens is 444 g/mol. The van der Waals surface area contributed by atoms with Gasteiger partial charge in [0, 0.05) is 37.9 Å². The van der Waals surface area contributed by atoms with Gasteiger partial charge in [0.1, 0.15) is 29.5 Å². The summed E-state index contributed by atoms with van der Waals surface area (Å²) in [5, 5.41) is 12.2. The molecule has 4 rings (SSSR count). The molecule has 1 atom stereocenters. The average Bonchev–Trinajstić information content (AvgIpc) is 3.34. The number of anilines is 2. The Hall–Kier alpha value is -4.24. The number of nitrogens with zero attached hydrogens (tertiary/aromatic N) is 3. The quantitative estimate of drug-likeness (QED) is 0.321. The molecule has 1 aromatic heterocycles. The number of nitrogens with one attached hydrogen (secondary N) is 2. The summed E-state index contributed by atoms with van der Waals surface area (Å²) >= 11 is 0. The minimum atomic E-state index is -0.0562. The van der Waals surface area contributed by atoms with Gasteiger partial charge in [-0.05, 0) is 42.8 Å². The van der Waals surface area contributed by atoms with Crippen LogP contribution in [0.5, 0.6) is 11.5 Å². The summed E-state index contributed by atoms with van der Waals surface area (Å²) in [5.41, 5.74) is 7.45.